The smallest absolute Gasteiger partial charge is 0.251 e. The van der Waals surface area contributed by atoms with Gasteiger partial charge in [-0.1, -0.05) is 18.2 Å². The average Bonchev–Trinajstić information content (AvgIpc) is 3.85. The molecule has 13 nitrogen and oxygen atoms in total. The predicted molar refractivity (Wildman–Crippen MR) is 178 cm³/mol. The van der Waals surface area contributed by atoms with E-state index in [4.69, 9.17) is 14.4 Å². The van der Waals surface area contributed by atoms with E-state index in [1.54, 1.807) is 18.3 Å². The number of morpholine rings is 1. The van der Waals surface area contributed by atoms with Crippen molar-refractivity contribution in [3.63, 3.8) is 0 Å². The highest BCUT2D eigenvalue weighted by Gasteiger charge is 2.40. The molecule has 0 aliphatic carbocycles. The number of benzene rings is 2. The number of carbonyl (C=O) groups is 2. The molecule has 0 unspecified atom stereocenters. The molecule has 48 heavy (non-hydrogen) atoms. The first-order valence-electron chi connectivity index (χ1n) is 16.2. The summed E-state index contributed by atoms with van der Waals surface area (Å²) in [6.07, 6.45) is 3.58. The Morgan fingerprint density at radius 3 is 2.54 bits per heavy atom. The number of hydrogen-bond donors (Lipinski definition) is 3. The van der Waals surface area contributed by atoms with Crippen LogP contribution in [0.3, 0.4) is 0 Å². The summed E-state index contributed by atoms with van der Waals surface area (Å²) in [4.78, 5) is 32.8. The highest BCUT2D eigenvalue weighted by Crippen LogP contribution is 2.28. The quantitative estimate of drug-likeness (QED) is 0.289. The first-order valence-corrected chi connectivity index (χ1v) is 18.1. The van der Waals surface area contributed by atoms with Gasteiger partial charge in [0.1, 0.15) is 0 Å². The Morgan fingerprint density at radius 1 is 1.10 bits per heavy atom. The molecule has 2 aromatic carbocycles. The van der Waals surface area contributed by atoms with Gasteiger partial charge in [-0.3, -0.25) is 14.5 Å². The first-order chi connectivity index (χ1) is 23.1. The molecular weight excluding hydrogens is 634 g/mol. The molecule has 14 heteroatoms. The van der Waals surface area contributed by atoms with Gasteiger partial charge in [-0.2, -0.15) is 9.57 Å². The van der Waals surface area contributed by atoms with Gasteiger partial charge in [0.05, 0.1) is 43.7 Å². The Labute approximate surface area is 280 Å². The van der Waals surface area contributed by atoms with Crippen molar-refractivity contribution >= 4 is 21.8 Å². The van der Waals surface area contributed by atoms with Crippen LogP contribution in [0.25, 0.3) is 22.8 Å². The molecule has 0 radical (unpaired) electrons. The lowest BCUT2D eigenvalue weighted by atomic mass is 10.0. The zero-order chi connectivity index (χ0) is 33.8. The van der Waals surface area contributed by atoms with E-state index < -0.39 is 28.1 Å². The Kier molecular flexibility index (Phi) is 10.2. The molecule has 4 atom stereocenters. The molecule has 3 saturated heterocycles. The maximum atomic E-state index is 13.2. The molecule has 3 aromatic rings. The van der Waals surface area contributed by atoms with Gasteiger partial charge >= 0.3 is 0 Å². The molecule has 1 aromatic heterocycles. The summed E-state index contributed by atoms with van der Waals surface area (Å²) in [5, 5.41) is 18.0. The first kappa shape index (κ1) is 33.8. The fraction of sp³-hybridized carbons (Fsp3) is 0.471. The second-order valence-corrected chi connectivity index (χ2v) is 14.7. The number of nitrogens with zero attached hydrogens (tertiary/aromatic N) is 4. The van der Waals surface area contributed by atoms with Crippen LogP contribution in [0.1, 0.15) is 34.3 Å². The van der Waals surface area contributed by atoms with Gasteiger partial charge in [0.25, 0.3) is 5.91 Å². The Bertz CT molecular complexity index is 1780. The second kappa shape index (κ2) is 14.6. The number of aromatic nitrogens is 1. The summed E-state index contributed by atoms with van der Waals surface area (Å²) in [5.41, 5.74) is 4.06. The van der Waals surface area contributed by atoms with E-state index in [-0.39, 0.29) is 30.8 Å². The summed E-state index contributed by atoms with van der Waals surface area (Å²) >= 11 is 0. The number of carbonyl (C=O) groups excluding carboxylic acids is 2. The van der Waals surface area contributed by atoms with Gasteiger partial charge in [0, 0.05) is 68.0 Å². The van der Waals surface area contributed by atoms with Crippen molar-refractivity contribution in [2.24, 2.45) is 5.92 Å². The van der Waals surface area contributed by atoms with Gasteiger partial charge in [-0.15, -0.1) is 0 Å². The Morgan fingerprint density at radius 2 is 1.85 bits per heavy atom. The lowest BCUT2D eigenvalue weighted by Crippen LogP contribution is -2.46. The van der Waals surface area contributed by atoms with Crippen LogP contribution in [0.5, 0.6) is 0 Å². The number of aryl methyl sites for hydroxylation is 1. The number of nitrogens with one attached hydrogen (secondary N) is 3. The third-order valence-corrected chi connectivity index (χ3v) is 10.5. The van der Waals surface area contributed by atoms with Crippen LogP contribution < -0.4 is 16.0 Å². The summed E-state index contributed by atoms with van der Waals surface area (Å²) < 4.78 is 38.0. The van der Waals surface area contributed by atoms with Crippen molar-refractivity contribution in [2.75, 3.05) is 52.2 Å². The van der Waals surface area contributed by atoms with Crippen molar-refractivity contribution in [1.82, 2.24) is 30.1 Å². The van der Waals surface area contributed by atoms with E-state index in [0.29, 0.717) is 36.6 Å². The summed E-state index contributed by atoms with van der Waals surface area (Å²) in [6.45, 7) is 6.76. The number of oxazole rings is 1. The maximum absolute atomic E-state index is 13.2. The Hall–Kier alpha value is -4.13. The molecule has 2 amide bonds. The molecule has 3 aliphatic rings. The van der Waals surface area contributed by atoms with E-state index in [0.717, 1.165) is 55.8 Å². The van der Waals surface area contributed by atoms with Crippen LogP contribution >= 0.6 is 0 Å². The van der Waals surface area contributed by atoms with E-state index in [1.165, 1.54) is 9.87 Å². The van der Waals surface area contributed by atoms with Gasteiger partial charge in [-0.05, 0) is 55.2 Å². The summed E-state index contributed by atoms with van der Waals surface area (Å²) in [5.74, 6) is 0.293. The molecule has 0 saturated carbocycles. The summed E-state index contributed by atoms with van der Waals surface area (Å²) in [6, 6.07) is 14.3. The van der Waals surface area contributed by atoms with Gasteiger partial charge < -0.3 is 25.1 Å². The van der Waals surface area contributed by atoms with Gasteiger partial charge in [0.2, 0.25) is 21.8 Å². The standard InChI is InChI=1S/C34H41N7O6S/c1-22-13-26(31-19-38-34(47-31)25-5-3-23(4-6-25)20-40-9-11-46-12-10-40)7-8-29(22)32(42)37-18-28-15-27(21-41(28)48(2,44)45)39-33(43)30-14-24(16-35)17-36-30/h3-8,13,19,24,27-28,30,36H,9-12,14-15,17-18,20-21H2,1-2H3,(H,37,42)(H,39,43)/t24-,27-,28-,30+/m1/s1. The van der Waals surface area contributed by atoms with E-state index in [1.807, 2.05) is 25.1 Å². The van der Waals surface area contributed by atoms with Crippen molar-refractivity contribution in [1.29, 1.82) is 5.26 Å². The monoisotopic (exact) mass is 675 g/mol. The second-order valence-electron chi connectivity index (χ2n) is 12.8. The molecule has 254 valence electrons. The van der Waals surface area contributed by atoms with Crippen LogP contribution in [0.4, 0.5) is 0 Å². The molecule has 3 aliphatic heterocycles. The fourth-order valence-electron chi connectivity index (χ4n) is 6.61. The van der Waals surface area contributed by atoms with Crippen molar-refractivity contribution < 1.29 is 27.2 Å². The van der Waals surface area contributed by atoms with E-state index >= 15 is 0 Å². The van der Waals surface area contributed by atoms with Gasteiger partial charge in [-0.25, -0.2) is 13.4 Å². The maximum Gasteiger partial charge on any atom is 0.251 e. The highest BCUT2D eigenvalue weighted by atomic mass is 32.2. The highest BCUT2D eigenvalue weighted by molar-refractivity contribution is 7.88. The summed E-state index contributed by atoms with van der Waals surface area (Å²) in [7, 11) is -3.59. The molecule has 4 heterocycles. The lowest BCUT2D eigenvalue weighted by molar-refractivity contribution is -0.123. The molecule has 3 N–H and O–H groups in total. The van der Waals surface area contributed by atoms with Gasteiger partial charge in [0.15, 0.2) is 5.76 Å². The minimum Gasteiger partial charge on any atom is -0.436 e. The molecule has 3 fully saturated rings. The SMILES string of the molecule is Cc1cc(-c2cnc(-c3ccc(CN4CCOCC4)cc3)o2)ccc1C(=O)NC[C@H]1C[C@@H](NC(=O)[C@@H]2C[C@H](C#N)CN2)CN1S(C)(=O)=O. The van der Waals surface area contributed by atoms with Crippen molar-refractivity contribution in [3.05, 3.63) is 65.4 Å². The normalized spacial score (nSPS) is 23.5. The molecule has 0 spiro atoms. The van der Waals surface area contributed by atoms with Crippen molar-refractivity contribution in [3.8, 4) is 28.8 Å². The van der Waals surface area contributed by atoms with Crippen LogP contribution in [0, 0.1) is 24.2 Å². The number of ether oxygens (including phenoxy) is 1. The molecular formula is C34H41N7O6S. The van der Waals surface area contributed by atoms with E-state index in [2.05, 4.69) is 44.0 Å². The van der Waals surface area contributed by atoms with E-state index in [9.17, 15) is 18.0 Å². The largest absolute Gasteiger partial charge is 0.436 e. The zero-order valence-corrected chi connectivity index (χ0v) is 28.0. The van der Waals surface area contributed by atoms with Crippen LogP contribution in [-0.2, 0) is 26.1 Å². The minimum atomic E-state index is -3.59. The number of hydrogen-bond acceptors (Lipinski definition) is 10. The fourth-order valence-corrected chi connectivity index (χ4v) is 7.76. The number of sulfonamides is 1. The zero-order valence-electron chi connectivity index (χ0n) is 27.1. The Balaban J connectivity index is 1.05. The molecule has 6 rings (SSSR count). The average molecular weight is 676 g/mol. The van der Waals surface area contributed by atoms with Crippen LogP contribution in [0.2, 0.25) is 0 Å². The third kappa shape index (κ3) is 7.94. The number of rotatable bonds is 10. The van der Waals surface area contributed by atoms with Crippen LogP contribution in [0.15, 0.2) is 53.1 Å². The minimum absolute atomic E-state index is 0.0916. The predicted octanol–water partition coefficient (Wildman–Crippen LogP) is 1.90. The van der Waals surface area contributed by atoms with Crippen LogP contribution in [-0.4, -0.2) is 105 Å². The lowest BCUT2D eigenvalue weighted by Gasteiger charge is -2.26. The third-order valence-electron chi connectivity index (χ3n) is 9.24. The van der Waals surface area contributed by atoms with Crippen molar-refractivity contribution in [2.45, 2.75) is 44.4 Å². The topological polar surface area (TPSA) is 170 Å². The molecule has 0 bridgehead atoms. The number of nitriles is 1. The number of amides is 2.